The number of fused-ring (bicyclic) bond motifs is 1. The first kappa shape index (κ1) is 16.7. The number of benzene rings is 1. The molecule has 0 bridgehead atoms. The second kappa shape index (κ2) is 6.39. The van der Waals surface area contributed by atoms with Crippen molar-refractivity contribution in [3.05, 3.63) is 30.1 Å². The molecule has 0 aliphatic carbocycles. The lowest BCUT2D eigenvalue weighted by Gasteiger charge is -2.33. The second-order valence-electron chi connectivity index (χ2n) is 6.42. The van der Waals surface area contributed by atoms with E-state index in [-0.39, 0.29) is 24.2 Å². The Morgan fingerprint density at radius 2 is 2.12 bits per heavy atom. The third-order valence-electron chi connectivity index (χ3n) is 4.92. The molecule has 0 aromatic heterocycles. The number of carboxylic acid groups (broad SMARTS) is 1. The summed E-state index contributed by atoms with van der Waals surface area (Å²) in [5.41, 5.74) is -0.927. The Hall–Kier alpha value is -2.15. The molecule has 1 amide bonds. The SMILES string of the molecule is CC(Oc1ccc(F)cc1)C(=O)N1C[C@H]2COCC[C@@]2(C(=O)O)C1. The number of likely N-dealkylation sites (tertiary alicyclic amines) is 1. The van der Waals surface area contributed by atoms with Crippen LogP contribution < -0.4 is 4.74 Å². The summed E-state index contributed by atoms with van der Waals surface area (Å²) in [7, 11) is 0. The van der Waals surface area contributed by atoms with Crippen molar-refractivity contribution in [2.45, 2.75) is 19.4 Å². The van der Waals surface area contributed by atoms with Gasteiger partial charge < -0.3 is 19.5 Å². The molecule has 2 fully saturated rings. The molecule has 6 nitrogen and oxygen atoms in total. The van der Waals surface area contributed by atoms with Crippen molar-refractivity contribution in [3.8, 4) is 5.75 Å². The van der Waals surface area contributed by atoms with E-state index in [1.165, 1.54) is 24.3 Å². The summed E-state index contributed by atoms with van der Waals surface area (Å²) in [4.78, 5) is 25.9. The van der Waals surface area contributed by atoms with Gasteiger partial charge in [-0.3, -0.25) is 9.59 Å². The van der Waals surface area contributed by atoms with Gasteiger partial charge in [0.25, 0.3) is 5.91 Å². The third kappa shape index (κ3) is 2.96. The predicted octanol–water partition coefficient (Wildman–Crippen LogP) is 1.54. The van der Waals surface area contributed by atoms with E-state index in [1.807, 2.05) is 0 Å². The average Bonchev–Trinajstić information content (AvgIpc) is 2.97. The average molecular weight is 337 g/mol. The van der Waals surface area contributed by atoms with E-state index in [0.717, 1.165) is 0 Å². The first-order valence-electron chi connectivity index (χ1n) is 7.94. The summed E-state index contributed by atoms with van der Waals surface area (Å²) in [6.45, 7) is 2.88. The highest BCUT2D eigenvalue weighted by Crippen LogP contribution is 2.42. The van der Waals surface area contributed by atoms with Crippen LogP contribution in [0, 0.1) is 17.2 Å². The quantitative estimate of drug-likeness (QED) is 0.902. The van der Waals surface area contributed by atoms with Gasteiger partial charge in [0.15, 0.2) is 6.10 Å². The van der Waals surface area contributed by atoms with Crippen molar-refractivity contribution in [2.24, 2.45) is 11.3 Å². The zero-order valence-electron chi connectivity index (χ0n) is 13.4. The number of amides is 1. The lowest BCUT2D eigenvalue weighted by atomic mass is 9.74. The van der Waals surface area contributed by atoms with Crippen molar-refractivity contribution in [1.29, 1.82) is 0 Å². The van der Waals surface area contributed by atoms with Gasteiger partial charge >= 0.3 is 5.97 Å². The van der Waals surface area contributed by atoms with Crippen LogP contribution in [0.15, 0.2) is 24.3 Å². The molecule has 2 aliphatic heterocycles. The van der Waals surface area contributed by atoms with Crippen molar-refractivity contribution in [2.75, 3.05) is 26.3 Å². The van der Waals surface area contributed by atoms with Gasteiger partial charge in [-0.1, -0.05) is 0 Å². The van der Waals surface area contributed by atoms with Crippen LogP contribution in [0.1, 0.15) is 13.3 Å². The molecule has 2 saturated heterocycles. The van der Waals surface area contributed by atoms with Crippen LogP contribution in [-0.4, -0.2) is 54.3 Å². The molecule has 1 aromatic rings. The van der Waals surface area contributed by atoms with Crippen LogP contribution in [0.3, 0.4) is 0 Å². The number of hydrogen-bond donors (Lipinski definition) is 1. The maximum atomic E-state index is 12.9. The Morgan fingerprint density at radius 1 is 1.42 bits per heavy atom. The molecule has 1 unspecified atom stereocenters. The monoisotopic (exact) mass is 337 g/mol. The van der Waals surface area contributed by atoms with Gasteiger partial charge in [0.2, 0.25) is 0 Å². The Kier molecular flexibility index (Phi) is 4.45. The number of aliphatic carboxylic acids is 1. The van der Waals surface area contributed by atoms with E-state index in [4.69, 9.17) is 9.47 Å². The van der Waals surface area contributed by atoms with E-state index >= 15 is 0 Å². The first-order valence-corrected chi connectivity index (χ1v) is 7.94. The maximum absolute atomic E-state index is 12.9. The molecular weight excluding hydrogens is 317 g/mol. The molecule has 0 radical (unpaired) electrons. The van der Waals surface area contributed by atoms with E-state index in [9.17, 15) is 19.1 Å². The largest absolute Gasteiger partial charge is 0.481 e. The fraction of sp³-hybridized carbons (Fsp3) is 0.529. The summed E-state index contributed by atoms with van der Waals surface area (Å²) in [6, 6.07) is 5.42. The number of ether oxygens (including phenoxy) is 2. The van der Waals surface area contributed by atoms with Gasteiger partial charge in [0.1, 0.15) is 11.6 Å². The van der Waals surface area contributed by atoms with Gasteiger partial charge in [0, 0.05) is 25.6 Å². The smallest absolute Gasteiger partial charge is 0.311 e. The lowest BCUT2D eigenvalue weighted by molar-refractivity contribution is -0.157. The van der Waals surface area contributed by atoms with E-state index < -0.39 is 17.5 Å². The van der Waals surface area contributed by atoms with Crippen LogP contribution >= 0.6 is 0 Å². The number of carboxylic acids is 1. The van der Waals surface area contributed by atoms with E-state index in [2.05, 4.69) is 0 Å². The molecule has 0 saturated carbocycles. The molecule has 1 aromatic carbocycles. The van der Waals surface area contributed by atoms with Crippen LogP contribution in [0.5, 0.6) is 5.75 Å². The zero-order valence-corrected chi connectivity index (χ0v) is 13.4. The van der Waals surface area contributed by atoms with Crippen LogP contribution in [0.2, 0.25) is 0 Å². The molecule has 0 spiro atoms. The highest BCUT2D eigenvalue weighted by Gasteiger charge is 2.55. The Morgan fingerprint density at radius 3 is 2.75 bits per heavy atom. The minimum absolute atomic E-state index is 0.173. The topological polar surface area (TPSA) is 76.1 Å². The Bertz CT molecular complexity index is 634. The highest BCUT2D eigenvalue weighted by molar-refractivity contribution is 5.84. The number of carbonyl (C=O) groups excluding carboxylic acids is 1. The standard InChI is InChI=1S/C17H20FNO5/c1-11(24-14-4-2-13(18)3-5-14)15(20)19-8-12-9-23-7-6-17(12,10-19)16(21)22/h2-5,11-12H,6-10H2,1H3,(H,21,22)/t11?,12-,17+/m0/s1. The third-order valence-corrected chi connectivity index (χ3v) is 4.92. The molecule has 2 aliphatic rings. The molecule has 1 N–H and O–H groups in total. The lowest BCUT2D eigenvalue weighted by Crippen LogP contribution is -2.45. The fourth-order valence-corrected chi connectivity index (χ4v) is 3.49. The van der Waals surface area contributed by atoms with Gasteiger partial charge in [-0.25, -0.2) is 4.39 Å². The Balaban J connectivity index is 1.69. The van der Waals surface area contributed by atoms with Crippen LogP contribution in [0.4, 0.5) is 4.39 Å². The molecule has 24 heavy (non-hydrogen) atoms. The zero-order chi connectivity index (χ0) is 17.3. The number of hydrogen-bond acceptors (Lipinski definition) is 4. The molecule has 7 heteroatoms. The van der Waals surface area contributed by atoms with Crippen molar-refractivity contribution in [1.82, 2.24) is 4.90 Å². The summed E-state index contributed by atoms with van der Waals surface area (Å²) < 4.78 is 23.9. The summed E-state index contributed by atoms with van der Waals surface area (Å²) in [6.07, 6.45) is -0.369. The minimum atomic E-state index is -0.927. The number of carbonyl (C=O) groups is 2. The Labute approximate surface area is 139 Å². The minimum Gasteiger partial charge on any atom is -0.481 e. The second-order valence-corrected chi connectivity index (χ2v) is 6.42. The van der Waals surface area contributed by atoms with E-state index in [0.29, 0.717) is 31.9 Å². The number of nitrogens with zero attached hydrogens (tertiary/aromatic N) is 1. The number of halogens is 1. The van der Waals surface area contributed by atoms with Crippen LogP contribution in [0.25, 0.3) is 0 Å². The number of rotatable bonds is 4. The summed E-state index contributed by atoms with van der Waals surface area (Å²) in [5.74, 6) is -1.34. The first-order chi connectivity index (χ1) is 11.4. The van der Waals surface area contributed by atoms with Crippen molar-refractivity contribution < 1.29 is 28.6 Å². The molecule has 2 heterocycles. The van der Waals surface area contributed by atoms with Gasteiger partial charge in [0.05, 0.1) is 12.0 Å². The summed E-state index contributed by atoms with van der Waals surface area (Å²) in [5, 5.41) is 9.64. The molecule has 3 atom stereocenters. The van der Waals surface area contributed by atoms with Gasteiger partial charge in [-0.15, -0.1) is 0 Å². The van der Waals surface area contributed by atoms with Gasteiger partial charge in [-0.05, 0) is 37.6 Å². The van der Waals surface area contributed by atoms with Crippen molar-refractivity contribution in [3.63, 3.8) is 0 Å². The fourth-order valence-electron chi connectivity index (χ4n) is 3.49. The van der Waals surface area contributed by atoms with Crippen molar-refractivity contribution >= 4 is 11.9 Å². The summed E-state index contributed by atoms with van der Waals surface area (Å²) >= 11 is 0. The molecule has 130 valence electrons. The normalized spacial score (nSPS) is 27.4. The molecule has 3 rings (SSSR count). The van der Waals surface area contributed by atoms with Gasteiger partial charge in [-0.2, -0.15) is 0 Å². The highest BCUT2D eigenvalue weighted by atomic mass is 19.1. The molecular formula is C17H20FNO5. The van der Waals surface area contributed by atoms with E-state index in [1.54, 1.807) is 11.8 Å². The van der Waals surface area contributed by atoms with Crippen LogP contribution in [-0.2, 0) is 14.3 Å². The maximum Gasteiger partial charge on any atom is 0.311 e. The predicted molar refractivity (Wildman–Crippen MR) is 82.1 cm³/mol.